The highest BCUT2D eigenvalue weighted by molar-refractivity contribution is 5.98. The minimum atomic E-state index is -0.207. The molecule has 0 radical (unpaired) electrons. The molecule has 3 aromatic rings. The van der Waals surface area contributed by atoms with Crippen molar-refractivity contribution in [3.8, 4) is 5.75 Å². The van der Waals surface area contributed by atoms with Gasteiger partial charge in [-0.2, -0.15) is 0 Å². The Morgan fingerprint density at radius 1 is 0.853 bits per heavy atom. The molecule has 0 unspecified atom stereocenters. The number of benzene rings is 3. The number of carbonyl (C=O) groups is 2. The van der Waals surface area contributed by atoms with Crippen LogP contribution in [0.15, 0.2) is 78.9 Å². The first-order chi connectivity index (χ1) is 16.6. The first-order valence-corrected chi connectivity index (χ1v) is 11.8. The van der Waals surface area contributed by atoms with Crippen molar-refractivity contribution in [2.24, 2.45) is 0 Å². The first-order valence-electron chi connectivity index (χ1n) is 11.8. The Morgan fingerprint density at radius 2 is 1.56 bits per heavy atom. The van der Waals surface area contributed by atoms with Gasteiger partial charge in [0.1, 0.15) is 12.4 Å². The predicted molar refractivity (Wildman–Crippen MR) is 137 cm³/mol. The van der Waals surface area contributed by atoms with Crippen LogP contribution >= 0.6 is 0 Å². The summed E-state index contributed by atoms with van der Waals surface area (Å²) in [4.78, 5) is 27.3. The van der Waals surface area contributed by atoms with Crippen LogP contribution in [0.2, 0.25) is 0 Å². The van der Waals surface area contributed by atoms with Gasteiger partial charge in [-0.3, -0.25) is 9.59 Å². The molecule has 6 nitrogen and oxygen atoms in total. The molecule has 2 amide bonds. The van der Waals surface area contributed by atoms with Crippen molar-refractivity contribution in [2.45, 2.75) is 33.3 Å². The fraction of sp³-hybridized carbons (Fsp3) is 0.286. The SMILES string of the molecule is CCCN(CCC)C(=O)c1cccc(NC(=O)CNc2ccccc2OCc2ccccc2)c1. The molecule has 3 aromatic carbocycles. The van der Waals surface area contributed by atoms with Crippen molar-refractivity contribution in [3.63, 3.8) is 0 Å². The third-order valence-corrected chi connectivity index (χ3v) is 5.23. The van der Waals surface area contributed by atoms with Gasteiger partial charge < -0.3 is 20.3 Å². The number of rotatable bonds is 12. The molecule has 6 heteroatoms. The van der Waals surface area contributed by atoms with Gasteiger partial charge >= 0.3 is 0 Å². The number of carbonyl (C=O) groups excluding carboxylic acids is 2. The van der Waals surface area contributed by atoms with Gasteiger partial charge in [0.15, 0.2) is 0 Å². The van der Waals surface area contributed by atoms with Crippen LogP contribution in [0.5, 0.6) is 5.75 Å². The average molecular weight is 460 g/mol. The van der Waals surface area contributed by atoms with Gasteiger partial charge in [0.05, 0.1) is 12.2 Å². The van der Waals surface area contributed by atoms with Crippen molar-refractivity contribution >= 4 is 23.2 Å². The third kappa shape index (κ3) is 7.37. The van der Waals surface area contributed by atoms with E-state index in [2.05, 4.69) is 24.5 Å². The lowest BCUT2D eigenvalue weighted by Crippen LogP contribution is -2.32. The summed E-state index contributed by atoms with van der Waals surface area (Å²) in [7, 11) is 0. The molecule has 0 saturated heterocycles. The average Bonchev–Trinajstić information content (AvgIpc) is 2.87. The Morgan fingerprint density at radius 3 is 2.29 bits per heavy atom. The van der Waals surface area contributed by atoms with Crippen LogP contribution in [0, 0.1) is 0 Å². The molecule has 0 heterocycles. The summed E-state index contributed by atoms with van der Waals surface area (Å²) in [5.41, 5.74) is 2.99. The van der Waals surface area contributed by atoms with E-state index in [1.54, 1.807) is 24.3 Å². The Hall–Kier alpha value is -3.80. The zero-order valence-electron chi connectivity index (χ0n) is 19.9. The monoisotopic (exact) mass is 459 g/mol. The summed E-state index contributed by atoms with van der Waals surface area (Å²) >= 11 is 0. The van der Waals surface area contributed by atoms with Crippen molar-refractivity contribution in [3.05, 3.63) is 90.0 Å². The Balaban J connectivity index is 1.57. The quantitative estimate of drug-likeness (QED) is 0.371. The minimum absolute atomic E-state index is 0.0117. The maximum absolute atomic E-state index is 12.9. The molecule has 0 aromatic heterocycles. The number of anilines is 2. The third-order valence-electron chi connectivity index (χ3n) is 5.23. The molecule has 34 heavy (non-hydrogen) atoms. The van der Waals surface area contributed by atoms with Gasteiger partial charge in [-0.15, -0.1) is 0 Å². The van der Waals surface area contributed by atoms with Crippen LogP contribution in [0.1, 0.15) is 42.6 Å². The van der Waals surface area contributed by atoms with Crippen LogP contribution in [0.3, 0.4) is 0 Å². The Bertz CT molecular complexity index is 1060. The predicted octanol–water partition coefficient (Wildman–Crippen LogP) is 5.58. The van der Waals surface area contributed by atoms with Crippen molar-refractivity contribution in [1.29, 1.82) is 0 Å². The zero-order chi connectivity index (χ0) is 24.2. The van der Waals surface area contributed by atoms with Crippen molar-refractivity contribution in [2.75, 3.05) is 30.3 Å². The van der Waals surface area contributed by atoms with Crippen molar-refractivity contribution < 1.29 is 14.3 Å². The number of para-hydroxylation sites is 2. The second-order valence-corrected chi connectivity index (χ2v) is 8.05. The molecule has 0 saturated carbocycles. The summed E-state index contributed by atoms with van der Waals surface area (Å²) in [5, 5.41) is 6.02. The zero-order valence-corrected chi connectivity index (χ0v) is 19.9. The lowest BCUT2D eigenvalue weighted by atomic mass is 10.1. The van der Waals surface area contributed by atoms with E-state index in [1.165, 1.54) is 0 Å². The van der Waals surface area contributed by atoms with Crippen LogP contribution in [0.4, 0.5) is 11.4 Å². The standard InChI is InChI=1S/C28H33N3O3/c1-3-17-31(18-4-2)28(33)23-13-10-14-24(19-23)30-27(32)20-29-25-15-8-9-16-26(25)34-21-22-11-6-5-7-12-22/h5-16,19,29H,3-4,17-18,20-21H2,1-2H3,(H,30,32). The van der Waals surface area contributed by atoms with Gasteiger partial charge in [-0.25, -0.2) is 0 Å². The Kier molecular flexibility index (Phi) is 9.52. The highest BCUT2D eigenvalue weighted by atomic mass is 16.5. The molecule has 3 rings (SSSR count). The smallest absolute Gasteiger partial charge is 0.253 e. The molecule has 0 fully saturated rings. The molecule has 0 atom stereocenters. The largest absolute Gasteiger partial charge is 0.487 e. The van der Waals surface area contributed by atoms with E-state index in [9.17, 15) is 9.59 Å². The topological polar surface area (TPSA) is 70.7 Å². The van der Waals surface area contributed by atoms with Crippen LogP contribution in [-0.4, -0.2) is 36.3 Å². The number of amides is 2. The maximum Gasteiger partial charge on any atom is 0.253 e. The molecule has 0 bridgehead atoms. The van der Waals surface area contributed by atoms with E-state index >= 15 is 0 Å². The van der Waals surface area contributed by atoms with E-state index in [-0.39, 0.29) is 18.4 Å². The van der Waals surface area contributed by atoms with Crippen molar-refractivity contribution in [1.82, 2.24) is 4.90 Å². The van der Waals surface area contributed by atoms with E-state index < -0.39 is 0 Å². The number of nitrogens with zero attached hydrogens (tertiary/aromatic N) is 1. The van der Waals surface area contributed by atoms with E-state index in [4.69, 9.17) is 4.74 Å². The van der Waals surface area contributed by atoms with E-state index in [0.29, 0.717) is 23.6 Å². The number of hydrogen-bond acceptors (Lipinski definition) is 4. The lowest BCUT2D eigenvalue weighted by Gasteiger charge is -2.21. The fourth-order valence-electron chi connectivity index (χ4n) is 3.62. The highest BCUT2D eigenvalue weighted by Gasteiger charge is 2.15. The van der Waals surface area contributed by atoms with Crippen LogP contribution < -0.4 is 15.4 Å². The van der Waals surface area contributed by atoms with Gasteiger partial charge in [0.2, 0.25) is 5.91 Å². The second-order valence-electron chi connectivity index (χ2n) is 8.05. The normalized spacial score (nSPS) is 10.4. The second kappa shape index (κ2) is 13.0. The number of nitrogens with one attached hydrogen (secondary N) is 2. The van der Waals surface area contributed by atoms with Gasteiger partial charge in [-0.05, 0) is 48.7 Å². The van der Waals surface area contributed by atoms with Gasteiger partial charge in [0, 0.05) is 24.3 Å². The van der Waals surface area contributed by atoms with Gasteiger partial charge in [-0.1, -0.05) is 62.4 Å². The molecular weight excluding hydrogens is 426 g/mol. The summed E-state index contributed by atoms with van der Waals surface area (Å²) in [6.07, 6.45) is 1.81. The van der Waals surface area contributed by atoms with Gasteiger partial charge in [0.25, 0.3) is 5.91 Å². The minimum Gasteiger partial charge on any atom is -0.487 e. The number of hydrogen-bond donors (Lipinski definition) is 2. The molecule has 0 aliphatic rings. The molecule has 0 spiro atoms. The van der Waals surface area contributed by atoms with E-state index in [0.717, 1.165) is 37.2 Å². The van der Waals surface area contributed by atoms with Crippen LogP contribution in [0.25, 0.3) is 0 Å². The molecule has 2 N–H and O–H groups in total. The lowest BCUT2D eigenvalue weighted by molar-refractivity contribution is -0.114. The maximum atomic E-state index is 12.9. The molecule has 178 valence electrons. The highest BCUT2D eigenvalue weighted by Crippen LogP contribution is 2.24. The summed E-state index contributed by atoms with van der Waals surface area (Å²) < 4.78 is 5.94. The fourth-order valence-corrected chi connectivity index (χ4v) is 3.62. The van der Waals surface area contributed by atoms with Crippen LogP contribution in [-0.2, 0) is 11.4 Å². The Labute approximate surface area is 201 Å². The molecule has 0 aliphatic heterocycles. The molecular formula is C28H33N3O3. The molecule has 0 aliphatic carbocycles. The summed E-state index contributed by atoms with van der Waals surface area (Å²) in [6, 6.07) is 24.6. The first kappa shape index (κ1) is 24.8. The number of ether oxygens (including phenoxy) is 1. The summed E-state index contributed by atoms with van der Waals surface area (Å²) in [6.45, 7) is 6.08. The summed E-state index contributed by atoms with van der Waals surface area (Å²) in [5.74, 6) is 0.461. The van der Waals surface area contributed by atoms with E-state index in [1.807, 2.05) is 59.5 Å².